The van der Waals surface area contributed by atoms with Crippen molar-refractivity contribution < 1.29 is 9.59 Å². The quantitative estimate of drug-likeness (QED) is 0.741. The minimum atomic E-state index is -0.145. The first kappa shape index (κ1) is 15.0. The van der Waals surface area contributed by atoms with Crippen LogP contribution in [-0.2, 0) is 6.54 Å². The van der Waals surface area contributed by atoms with Crippen molar-refractivity contribution in [3.63, 3.8) is 0 Å². The summed E-state index contributed by atoms with van der Waals surface area (Å²) >= 11 is 0. The predicted molar refractivity (Wildman–Crippen MR) is 91.6 cm³/mol. The molecule has 0 spiro atoms. The topological polar surface area (TPSA) is 46.2 Å². The van der Waals surface area contributed by atoms with Crippen LogP contribution in [0.3, 0.4) is 0 Å². The van der Waals surface area contributed by atoms with Crippen LogP contribution in [0.1, 0.15) is 33.2 Å². The van der Waals surface area contributed by atoms with Crippen molar-refractivity contribution in [2.75, 3.05) is 0 Å². The second kappa shape index (κ2) is 6.44. The molecule has 114 valence electrons. The molecule has 0 radical (unpaired) electrons. The third-order valence-corrected chi connectivity index (χ3v) is 3.82. The Bertz CT molecular complexity index is 866. The molecule has 1 N–H and O–H groups in total. The number of amides is 1. The average Bonchev–Trinajstić information content (AvgIpc) is 2.59. The van der Waals surface area contributed by atoms with Crippen LogP contribution in [-0.4, -0.2) is 11.7 Å². The summed E-state index contributed by atoms with van der Waals surface area (Å²) in [4.78, 5) is 23.4. The summed E-state index contributed by atoms with van der Waals surface area (Å²) in [6.07, 6.45) is 0. The summed E-state index contributed by atoms with van der Waals surface area (Å²) in [5.41, 5.74) is 2.21. The molecular formula is C20H17NO2. The molecule has 0 aliphatic rings. The zero-order valence-electron chi connectivity index (χ0n) is 12.9. The molecule has 0 aliphatic carbocycles. The number of hydrogen-bond donors (Lipinski definition) is 1. The second-order valence-corrected chi connectivity index (χ2v) is 5.50. The summed E-state index contributed by atoms with van der Waals surface area (Å²) in [6, 6.07) is 21.0. The molecule has 0 aromatic heterocycles. The third kappa shape index (κ3) is 3.46. The molecule has 3 aromatic rings. The molecule has 0 saturated heterocycles. The van der Waals surface area contributed by atoms with Crippen molar-refractivity contribution in [3.05, 3.63) is 83.4 Å². The molecule has 0 aliphatic heterocycles. The molecular weight excluding hydrogens is 286 g/mol. The van der Waals surface area contributed by atoms with Crippen LogP contribution in [0, 0.1) is 0 Å². The van der Waals surface area contributed by atoms with E-state index in [1.54, 1.807) is 24.3 Å². The van der Waals surface area contributed by atoms with Gasteiger partial charge < -0.3 is 5.32 Å². The minimum absolute atomic E-state index is 0.00637. The number of rotatable bonds is 4. The van der Waals surface area contributed by atoms with Gasteiger partial charge in [0.25, 0.3) is 5.91 Å². The Balaban J connectivity index is 1.68. The second-order valence-electron chi connectivity index (χ2n) is 5.50. The Morgan fingerprint density at radius 2 is 1.48 bits per heavy atom. The third-order valence-electron chi connectivity index (χ3n) is 3.82. The maximum absolute atomic E-state index is 12.2. The van der Waals surface area contributed by atoms with Crippen LogP contribution in [0.2, 0.25) is 0 Å². The van der Waals surface area contributed by atoms with Crippen molar-refractivity contribution in [3.8, 4) is 0 Å². The molecule has 0 unspecified atom stereocenters. The van der Waals surface area contributed by atoms with Crippen molar-refractivity contribution >= 4 is 22.5 Å². The van der Waals surface area contributed by atoms with E-state index in [0.717, 1.165) is 10.9 Å². The Labute approximate surface area is 135 Å². The fourth-order valence-electron chi connectivity index (χ4n) is 2.49. The van der Waals surface area contributed by atoms with Gasteiger partial charge in [-0.15, -0.1) is 0 Å². The molecule has 0 bridgehead atoms. The first-order valence-electron chi connectivity index (χ1n) is 7.50. The standard InChI is InChI=1S/C20H17NO2/c1-14(22)16-8-10-18(11-9-16)20(23)21-13-15-6-7-17-4-2-3-5-19(17)12-15/h2-12H,13H2,1H3,(H,21,23). The zero-order chi connectivity index (χ0) is 16.2. The highest BCUT2D eigenvalue weighted by atomic mass is 16.1. The molecule has 3 nitrogen and oxygen atoms in total. The normalized spacial score (nSPS) is 10.5. The lowest BCUT2D eigenvalue weighted by molar-refractivity contribution is 0.0949. The maximum atomic E-state index is 12.2. The number of hydrogen-bond acceptors (Lipinski definition) is 2. The molecule has 3 heteroatoms. The first-order valence-corrected chi connectivity index (χ1v) is 7.50. The van der Waals surface area contributed by atoms with E-state index in [1.165, 1.54) is 12.3 Å². The lowest BCUT2D eigenvalue weighted by atomic mass is 10.1. The number of nitrogens with one attached hydrogen (secondary N) is 1. The van der Waals surface area contributed by atoms with Crippen molar-refractivity contribution in [2.24, 2.45) is 0 Å². The van der Waals surface area contributed by atoms with E-state index in [4.69, 9.17) is 0 Å². The van der Waals surface area contributed by atoms with E-state index < -0.39 is 0 Å². The average molecular weight is 303 g/mol. The van der Waals surface area contributed by atoms with E-state index in [0.29, 0.717) is 17.7 Å². The highest BCUT2D eigenvalue weighted by molar-refractivity contribution is 5.97. The molecule has 1 amide bonds. The molecule has 0 fully saturated rings. The van der Waals surface area contributed by atoms with Gasteiger partial charge >= 0.3 is 0 Å². The van der Waals surface area contributed by atoms with Gasteiger partial charge in [-0.1, -0.05) is 48.5 Å². The first-order chi connectivity index (χ1) is 11.1. The predicted octanol–water partition coefficient (Wildman–Crippen LogP) is 3.97. The molecule has 3 aromatic carbocycles. The Hall–Kier alpha value is -2.94. The monoisotopic (exact) mass is 303 g/mol. The van der Waals surface area contributed by atoms with Crippen LogP contribution in [0.5, 0.6) is 0 Å². The number of fused-ring (bicyclic) bond motifs is 1. The Morgan fingerprint density at radius 3 is 2.17 bits per heavy atom. The largest absolute Gasteiger partial charge is 0.348 e. The number of Topliss-reactive ketones (excluding diaryl/α,β-unsaturated/α-hetero) is 1. The summed E-state index contributed by atoms with van der Waals surface area (Å²) in [6.45, 7) is 1.98. The number of carbonyl (C=O) groups is 2. The number of carbonyl (C=O) groups excluding carboxylic acids is 2. The highest BCUT2D eigenvalue weighted by Gasteiger charge is 2.06. The summed E-state index contributed by atoms with van der Waals surface area (Å²) in [5, 5.41) is 5.25. The maximum Gasteiger partial charge on any atom is 0.251 e. The number of ketones is 1. The fourth-order valence-corrected chi connectivity index (χ4v) is 2.49. The molecule has 0 heterocycles. The molecule has 3 rings (SSSR count). The summed E-state index contributed by atoms with van der Waals surface area (Å²) in [7, 11) is 0. The van der Waals surface area contributed by atoms with Gasteiger partial charge in [0.1, 0.15) is 0 Å². The van der Waals surface area contributed by atoms with E-state index in [2.05, 4.69) is 29.6 Å². The number of benzene rings is 3. The van der Waals surface area contributed by atoms with Gasteiger partial charge in [0.2, 0.25) is 0 Å². The van der Waals surface area contributed by atoms with Crippen LogP contribution >= 0.6 is 0 Å². The summed E-state index contributed by atoms with van der Waals surface area (Å²) in [5.74, 6) is -0.151. The van der Waals surface area contributed by atoms with Crippen molar-refractivity contribution in [1.82, 2.24) is 5.32 Å². The molecule has 23 heavy (non-hydrogen) atoms. The smallest absolute Gasteiger partial charge is 0.251 e. The van der Waals surface area contributed by atoms with E-state index in [9.17, 15) is 9.59 Å². The lowest BCUT2D eigenvalue weighted by Gasteiger charge is -2.07. The van der Waals surface area contributed by atoms with Gasteiger partial charge in [0.05, 0.1) is 0 Å². The highest BCUT2D eigenvalue weighted by Crippen LogP contribution is 2.15. The van der Waals surface area contributed by atoms with Crippen LogP contribution in [0.25, 0.3) is 10.8 Å². The van der Waals surface area contributed by atoms with E-state index >= 15 is 0 Å². The van der Waals surface area contributed by atoms with Gasteiger partial charge in [0.15, 0.2) is 5.78 Å². The van der Waals surface area contributed by atoms with Crippen LogP contribution in [0.4, 0.5) is 0 Å². The van der Waals surface area contributed by atoms with Crippen LogP contribution < -0.4 is 5.32 Å². The fraction of sp³-hybridized carbons (Fsp3) is 0.100. The van der Waals surface area contributed by atoms with Gasteiger partial charge in [0, 0.05) is 17.7 Å². The summed E-state index contributed by atoms with van der Waals surface area (Å²) < 4.78 is 0. The lowest BCUT2D eigenvalue weighted by Crippen LogP contribution is -2.22. The van der Waals surface area contributed by atoms with Crippen molar-refractivity contribution in [1.29, 1.82) is 0 Å². The van der Waals surface area contributed by atoms with Crippen LogP contribution in [0.15, 0.2) is 66.7 Å². The Morgan fingerprint density at radius 1 is 0.826 bits per heavy atom. The van der Waals surface area contributed by atoms with Gasteiger partial charge in [-0.2, -0.15) is 0 Å². The molecule has 0 atom stereocenters. The zero-order valence-corrected chi connectivity index (χ0v) is 12.9. The van der Waals surface area contributed by atoms with E-state index in [1.807, 2.05) is 18.2 Å². The van der Waals surface area contributed by atoms with Crippen molar-refractivity contribution in [2.45, 2.75) is 13.5 Å². The Kier molecular flexibility index (Phi) is 4.20. The van der Waals surface area contributed by atoms with E-state index in [-0.39, 0.29) is 11.7 Å². The molecule has 0 saturated carbocycles. The SMILES string of the molecule is CC(=O)c1ccc(C(=O)NCc2ccc3ccccc3c2)cc1. The van der Waals surface area contributed by atoms with Gasteiger partial charge in [-0.3, -0.25) is 9.59 Å². The minimum Gasteiger partial charge on any atom is -0.348 e. The van der Waals surface area contributed by atoms with Gasteiger partial charge in [-0.25, -0.2) is 0 Å². The van der Waals surface area contributed by atoms with Gasteiger partial charge in [-0.05, 0) is 41.5 Å².